The molecular weight excluding hydrogens is 348 g/mol. The zero-order valence-electron chi connectivity index (χ0n) is 10.0. The van der Waals surface area contributed by atoms with Crippen molar-refractivity contribution < 1.29 is 9.84 Å². The van der Waals surface area contributed by atoms with Gasteiger partial charge in [-0.05, 0) is 52.9 Å². The summed E-state index contributed by atoms with van der Waals surface area (Å²) in [7, 11) is 1.67. The normalized spacial score (nSPS) is 10.6. The van der Waals surface area contributed by atoms with Crippen LogP contribution in [0.2, 0.25) is 0 Å². The molecule has 0 saturated carbocycles. The second-order valence-electron chi connectivity index (χ2n) is 3.97. The van der Waals surface area contributed by atoms with Gasteiger partial charge in [0.15, 0.2) is 0 Å². The zero-order valence-corrected chi connectivity index (χ0v) is 13.2. The van der Waals surface area contributed by atoms with Gasteiger partial charge in [0.25, 0.3) is 0 Å². The smallest absolute Gasteiger partial charge is 0.134 e. The molecule has 96 valence electrons. The Morgan fingerprint density at radius 3 is 2.41 bits per heavy atom. The number of aryl methyl sites for hydroxylation is 1. The van der Waals surface area contributed by atoms with Crippen LogP contribution in [0.5, 0.6) is 5.75 Å². The number of aliphatic hydroxyl groups is 1. The minimum atomic E-state index is 0.303. The standard InChI is InChI=1S/C13H18Br2O2/c1-17-13-9-11(14)10(8-12(13)15)6-4-2-3-5-7-16/h8-9,16H,2-7H2,1H3. The highest BCUT2D eigenvalue weighted by atomic mass is 79.9. The topological polar surface area (TPSA) is 29.5 Å². The first-order valence-corrected chi connectivity index (χ1v) is 7.40. The fourth-order valence-corrected chi connectivity index (χ4v) is 2.77. The van der Waals surface area contributed by atoms with Crippen LogP contribution in [0.15, 0.2) is 21.1 Å². The Bertz CT molecular complexity index is 354. The SMILES string of the molecule is COc1cc(Br)c(CCCCCCO)cc1Br. The number of benzene rings is 1. The average Bonchev–Trinajstić information content (AvgIpc) is 2.32. The summed E-state index contributed by atoms with van der Waals surface area (Å²) in [6, 6.07) is 4.10. The Morgan fingerprint density at radius 1 is 1.06 bits per heavy atom. The molecule has 0 radical (unpaired) electrons. The molecule has 17 heavy (non-hydrogen) atoms. The van der Waals surface area contributed by atoms with E-state index >= 15 is 0 Å². The Hall–Kier alpha value is -0.0600. The van der Waals surface area contributed by atoms with Crippen molar-refractivity contribution in [3.8, 4) is 5.75 Å². The highest BCUT2D eigenvalue weighted by molar-refractivity contribution is 9.11. The van der Waals surface area contributed by atoms with Gasteiger partial charge in [-0.2, -0.15) is 0 Å². The van der Waals surface area contributed by atoms with Gasteiger partial charge in [-0.25, -0.2) is 0 Å². The second-order valence-corrected chi connectivity index (χ2v) is 5.67. The fourth-order valence-electron chi connectivity index (χ4n) is 1.70. The van der Waals surface area contributed by atoms with E-state index in [9.17, 15) is 0 Å². The van der Waals surface area contributed by atoms with E-state index in [4.69, 9.17) is 9.84 Å². The molecule has 0 aliphatic heterocycles. The van der Waals surface area contributed by atoms with Gasteiger partial charge in [0.2, 0.25) is 0 Å². The molecule has 0 unspecified atom stereocenters. The average molecular weight is 366 g/mol. The molecule has 1 aromatic carbocycles. The summed E-state index contributed by atoms with van der Waals surface area (Å²) in [5.74, 6) is 0.848. The van der Waals surface area contributed by atoms with Crippen LogP contribution in [0.3, 0.4) is 0 Å². The molecule has 0 bridgehead atoms. The van der Waals surface area contributed by atoms with Crippen molar-refractivity contribution in [3.63, 3.8) is 0 Å². The Labute approximate surface area is 120 Å². The lowest BCUT2D eigenvalue weighted by Gasteiger charge is -2.09. The van der Waals surface area contributed by atoms with E-state index in [1.807, 2.05) is 6.07 Å². The molecule has 0 heterocycles. The summed E-state index contributed by atoms with van der Waals surface area (Å²) < 4.78 is 7.32. The minimum Gasteiger partial charge on any atom is -0.496 e. The van der Waals surface area contributed by atoms with Crippen molar-refractivity contribution in [3.05, 3.63) is 26.6 Å². The van der Waals surface area contributed by atoms with Crippen molar-refractivity contribution in [2.24, 2.45) is 0 Å². The first-order valence-electron chi connectivity index (χ1n) is 5.81. The molecule has 0 saturated heterocycles. The van der Waals surface area contributed by atoms with E-state index in [1.165, 1.54) is 5.56 Å². The van der Waals surface area contributed by atoms with Gasteiger partial charge in [-0.15, -0.1) is 0 Å². The number of rotatable bonds is 7. The monoisotopic (exact) mass is 364 g/mol. The van der Waals surface area contributed by atoms with Crippen molar-refractivity contribution in [1.82, 2.24) is 0 Å². The maximum atomic E-state index is 8.69. The van der Waals surface area contributed by atoms with E-state index in [-0.39, 0.29) is 0 Å². The van der Waals surface area contributed by atoms with E-state index in [1.54, 1.807) is 7.11 Å². The van der Waals surface area contributed by atoms with Crippen LogP contribution in [0, 0.1) is 0 Å². The third-order valence-corrected chi connectivity index (χ3v) is 4.03. The molecule has 1 rings (SSSR count). The molecule has 1 N–H and O–H groups in total. The van der Waals surface area contributed by atoms with Crippen LogP contribution < -0.4 is 4.74 Å². The predicted molar refractivity (Wildman–Crippen MR) is 77.7 cm³/mol. The lowest BCUT2D eigenvalue weighted by atomic mass is 10.1. The molecular formula is C13H18Br2O2. The third-order valence-electron chi connectivity index (χ3n) is 2.68. The first-order chi connectivity index (χ1) is 8.19. The number of methoxy groups -OCH3 is 1. The zero-order chi connectivity index (χ0) is 12.7. The van der Waals surface area contributed by atoms with Crippen LogP contribution in [-0.2, 0) is 6.42 Å². The number of halogens is 2. The van der Waals surface area contributed by atoms with Gasteiger partial charge in [0.05, 0.1) is 11.6 Å². The predicted octanol–water partition coefficient (Wildman–Crippen LogP) is 4.32. The van der Waals surface area contributed by atoms with Gasteiger partial charge in [0.1, 0.15) is 5.75 Å². The molecule has 0 aliphatic carbocycles. The second kappa shape index (κ2) is 8.11. The summed E-state index contributed by atoms with van der Waals surface area (Å²) in [5.41, 5.74) is 1.29. The lowest BCUT2D eigenvalue weighted by molar-refractivity contribution is 0.282. The van der Waals surface area contributed by atoms with E-state index in [0.29, 0.717) is 6.61 Å². The molecule has 1 aromatic rings. The van der Waals surface area contributed by atoms with Crippen molar-refractivity contribution in [1.29, 1.82) is 0 Å². The first kappa shape index (κ1) is 15.0. The summed E-state index contributed by atoms with van der Waals surface area (Å²) in [6.45, 7) is 0.303. The number of hydrogen-bond acceptors (Lipinski definition) is 2. The summed E-state index contributed by atoms with van der Waals surface area (Å²) >= 11 is 7.06. The minimum absolute atomic E-state index is 0.303. The highest BCUT2D eigenvalue weighted by Gasteiger charge is 2.06. The van der Waals surface area contributed by atoms with Crippen LogP contribution in [0.25, 0.3) is 0 Å². The maximum Gasteiger partial charge on any atom is 0.134 e. The molecule has 0 amide bonds. The molecule has 0 aromatic heterocycles. The van der Waals surface area contributed by atoms with E-state index in [0.717, 1.165) is 46.8 Å². The van der Waals surface area contributed by atoms with E-state index in [2.05, 4.69) is 37.9 Å². The number of hydrogen-bond donors (Lipinski definition) is 1. The van der Waals surface area contributed by atoms with Crippen LogP contribution >= 0.6 is 31.9 Å². The Kier molecular flexibility index (Phi) is 7.16. The van der Waals surface area contributed by atoms with Gasteiger partial charge in [0, 0.05) is 11.1 Å². The highest BCUT2D eigenvalue weighted by Crippen LogP contribution is 2.32. The van der Waals surface area contributed by atoms with Crippen LogP contribution in [-0.4, -0.2) is 18.8 Å². The summed E-state index contributed by atoms with van der Waals surface area (Å²) in [6.07, 6.45) is 5.38. The molecule has 4 heteroatoms. The lowest BCUT2D eigenvalue weighted by Crippen LogP contribution is -1.92. The number of aliphatic hydroxyl groups excluding tert-OH is 1. The van der Waals surface area contributed by atoms with Crippen molar-refractivity contribution in [2.75, 3.05) is 13.7 Å². The Morgan fingerprint density at radius 2 is 1.76 bits per heavy atom. The molecule has 0 aliphatic rings. The van der Waals surface area contributed by atoms with Crippen LogP contribution in [0.4, 0.5) is 0 Å². The van der Waals surface area contributed by atoms with Crippen molar-refractivity contribution >= 4 is 31.9 Å². The maximum absolute atomic E-state index is 8.69. The van der Waals surface area contributed by atoms with Gasteiger partial charge >= 0.3 is 0 Å². The number of ether oxygens (including phenoxy) is 1. The summed E-state index contributed by atoms with van der Waals surface area (Å²) in [5, 5.41) is 8.69. The van der Waals surface area contributed by atoms with Gasteiger partial charge in [-0.1, -0.05) is 28.8 Å². The molecule has 0 spiro atoms. The third kappa shape index (κ3) is 4.98. The summed E-state index contributed by atoms with van der Waals surface area (Å²) in [4.78, 5) is 0. The number of unbranched alkanes of at least 4 members (excludes halogenated alkanes) is 3. The molecule has 2 nitrogen and oxygen atoms in total. The van der Waals surface area contributed by atoms with Gasteiger partial charge in [-0.3, -0.25) is 0 Å². The van der Waals surface area contributed by atoms with E-state index < -0.39 is 0 Å². The molecule has 0 atom stereocenters. The van der Waals surface area contributed by atoms with Crippen LogP contribution in [0.1, 0.15) is 31.2 Å². The van der Waals surface area contributed by atoms with Gasteiger partial charge < -0.3 is 9.84 Å². The van der Waals surface area contributed by atoms with Crippen molar-refractivity contribution in [2.45, 2.75) is 32.1 Å². The fraction of sp³-hybridized carbons (Fsp3) is 0.538. The molecule has 0 fully saturated rings. The Balaban J connectivity index is 2.51. The largest absolute Gasteiger partial charge is 0.496 e. The quantitative estimate of drug-likeness (QED) is 0.729.